The van der Waals surface area contributed by atoms with Gasteiger partial charge in [-0.3, -0.25) is 4.79 Å². The van der Waals surface area contributed by atoms with Crippen molar-refractivity contribution in [1.82, 2.24) is 4.90 Å². The van der Waals surface area contributed by atoms with Gasteiger partial charge in [-0.05, 0) is 37.3 Å². The highest BCUT2D eigenvalue weighted by molar-refractivity contribution is 7.14. The molecule has 3 rings (SSSR count). The Kier molecular flexibility index (Phi) is 4.26. The zero-order valence-electron chi connectivity index (χ0n) is 11.8. The topological polar surface area (TPSA) is 66.8 Å². The zero-order valence-corrected chi connectivity index (χ0v) is 12.7. The Morgan fingerprint density at radius 1 is 1.29 bits per heavy atom. The highest BCUT2D eigenvalue weighted by Crippen LogP contribution is 2.30. The Labute approximate surface area is 127 Å². The first-order valence-electron chi connectivity index (χ1n) is 7.40. The number of aryl methyl sites for hydroxylation is 2. The Morgan fingerprint density at radius 2 is 2.10 bits per heavy atom. The van der Waals surface area contributed by atoms with Gasteiger partial charge in [0.2, 0.25) is 0 Å². The lowest BCUT2D eigenvalue weighted by atomic mass is 10.1. The number of morpholine rings is 1. The average molecular weight is 309 g/mol. The van der Waals surface area contributed by atoms with E-state index >= 15 is 0 Å². The van der Waals surface area contributed by atoms with E-state index in [-0.39, 0.29) is 12.5 Å². The van der Waals surface area contributed by atoms with Crippen LogP contribution in [0.25, 0.3) is 0 Å². The Hall–Kier alpha value is -1.40. The maximum Gasteiger partial charge on any atom is 0.328 e. The molecule has 0 unspecified atom stereocenters. The van der Waals surface area contributed by atoms with Crippen LogP contribution in [0.3, 0.4) is 0 Å². The van der Waals surface area contributed by atoms with E-state index in [1.165, 1.54) is 45.9 Å². The molecule has 1 saturated heterocycles. The summed E-state index contributed by atoms with van der Waals surface area (Å²) in [5, 5.41) is 9.23. The molecule has 1 N–H and O–H groups in total. The predicted octanol–water partition coefficient (Wildman–Crippen LogP) is 1.94. The highest BCUT2D eigenvalue weighted by atomic mass is 32.1. The molecule has 0 saturated carbocycles. The second-order valence-corrected chi connectivity index (χ2v) is 6.68. The summed E-state index contributed by atoms with van der Waals surface area (Å²) in [5.74, 6) is -1.16. The molecule has 1 aromatic rings. The van der Waals surface area contributed by atoms with Gasteiger partial charge in [-0.25, -0.2) is 4.79 Å². The maximum absolute atomic E-state index is 12.6. The van der Waals surface area contributed by atoms with Gasteiger partial charge >= 0.3 is 5.97 Å². The number of carboxylic acid groups (broad SMARTS) is 1. The molecule has 1 aliphatic heterocycles. The van der Waals surface area contributed by atoms with Crippen LogP contribution >= 0.6 is 11.3 Å². The minimum atomic E-state index is -0.999. The van der Waals surface area contributed by atoms with Crippen LogP contribution in [0.5, 0.6) is 0 Å². The van der Waals surface area contributed by atoms with Gasteiger partial charge in [-0.1, -0.05) is 6.42 Å². The number of aliphatic carboxylic acids is 1. The quantitative estimate of drug-likeness (QED) is 0.848. The van der Waals surface area contributed by atoms with Crippen molar-refractivity contribution in [3.8, 4) is 0 Å². The highest BCUT2D eigenvalue weighted by Gasteiger charge is 2.34. The third-order valence-electron chi connectivity index (χ3n) is 4.13. The van der Waals surface area contributed by atoms with Gasteiger partial charge in [-0.2, -0.15) is 0 Å². The molecular formula is C15H19NO4S. The molecule has 0 bridgehead atoms. The van der Waals surface area contributed by atoms with E-state index in [9.17, 15) is 14.7 Å². The molecule has 114 valence electrons. The molecule has 0 aromatic carbocycles. The lowest BCUT2D eigenvalue weighted by Gasteiger charge is -2.32. The summed E-state index contributed by atoms with van der Waals surface area (Å²) in [6.07, 6.45) is 5.67. The summed E-state index contributed by atoms with van der Waals surface area (Å²) in [7, 11) is 0. The number of hydrogen-bond donors (Lipinski definition) is 1. The molecular weight excluding hydrogens is 290 g/mol. The number of carbonyl (C=O) groups is 2. The second-order valence-electron chi connectivity index (χ2n) is 5.55. The number of nitrogens with zero attached hydrogens (tertiary/aromatic N) is 1. The number of ether oxygens (including phenoxy) is 1. The fourth-order valence-electron chi connectivity index (χ4n) is 2.97. The van der Waals surface area contributed by atoms with E-state index in [1.807, 2.05) is 6.07 Å². The largest absolute Gasteiger partial charge is 0.480 e. The van der Waals surface area contributed by atoms with Gasteiger partial charge in [-0.15, -0.1) is 11.3 Å². The zero-order chi connectivity index (χ0) is 14.8. The van der Waals surface area contributed by atoms with Gasteiger partial charge in [0.05, 0.1) is 18.1 Å². The van der Waals surface area contributed by atoms with Crippen molar-refractivity contribution in [2.45, 2.75) is 38.1 Å². The molecule has 1 aromatic heterocycles. The standard InChI is InChI=1S/C15H19NO4S/c17-14(16-6-7-20-9-11(16)15(18)19)13-8-10-4-2-1-3-5-12(10)21-13/h8,11H,1-7,9H2,(H,18,19)/t11-/m0/s1. The minimum absolute atomic E-state index is 0.0756. The Balaban J connectivity index is 1.82. The average Bonchev–Trinajstić information content (AvgIpc) is 2.77. The van der Waals surface area contributed by atoms with Crippen molar-refractivity contribution in [1.29, 1.82) is 0 Å². The molecule has 1 amide bonds. The van der Waals surface area contributed by atoms with Crippen molar-refractivity contribution in [3.05, 3.63) is 21.4 Å². The fraction of sp³-hybridized carbons (Fsp3) is 0.600. The molecule has 5 nitrogen and oxygen atoms in total. The monoisotopic (exact) mass is 309 g/mol. The number of carboxylic acids is 1. The van der Waals surface area contributed by atoms with Crippen molar-refractivity contribution >= 4 is 23.2 Å². The third kappa shape index (κ3) is 2.96. The van der Waals surface area contributed by atoms with Crippen LogP contribution in [-0.2, 0) is 22.4 Å². The van der Waals surface area contributed by atoms with Crippen LogP contribution in [0.4, 0.5) is 0 Å². The van der Waals surface area contributed by atoms with E-state index < -0.39 is 12.0 Å². The summed E-state index contributed by atoms with van der Waals surface area (Å²) in [6, 6.07) is 1.11. The molecule has 0 radical (unpaired) electrons. The molecule has 2 heterocycles. The second kappa shape index (κ2) is 6.15. The Bertz CT molecular complexity index is 530. The molecule has 1 aliphatic carbocycles. The van der Waals surface area contributed by atoms with Gasteiger partial charge in [0.15, 0.2) is 6.04 Å². The summed E-state index contributed by atoms with van der Waals surface area (Å²) in [5.41, 5.74) is 1.28. The number of thiophene rings is 1. The van der Waals surface area contributed by atoms with Crippen LogP contribution in [0.15, 0.2) is 6.07 Å². The van der Waals surface area contributed by atoms with Gasteiger partial charge in [0.1, 0.15) is 0 Å². The SMILES string of the molecule is O=C(O)[C@@H]1COCCN1C(=O)c1cc2c(s1)CCCCC2. The first-order chi connectivity index (χ1) is 10.2. The molecule has 1 fully saturated rings. The van der Waals surface area contributed by atoms with E-state index in [2.05, 4.69) is 0 Å². The minimum Gasteiger partial charge on any atom is -0.480 e. The lowest BCUT2D eigenvalue weighted by molar-refractivity contribution is -0.147. The number of hydrogen-bond acceptors (Lipinski definition) is 4. The molecule has 0 spiro atoms. The van der Waals surface area contributed by atoms with Gasteiger partial charge in [0.25, 0.3) is 5.91 Å². The molecule has 6 heteroatoms. The first kappa shape index (κ1) is 14.5. The molecule has 21 heavy (non-hydrogen) atoms. The van der Waals surface area contributed by atoms with Crippen LogP contribution in [0.2, 0.25) is 0 Å². The van der Waals surface area contributed by atoms with E-state index in [0.29, 0.717) is 18.0 Å². The van der Waals surface area contributed by atoms with Crippen molar-refractivity contribution in [2.24, 2.45) is 0 Å². The first-order valence-corrected chi connectivity index (χ1v) is 8.21. The van der Waals surface area contributed by atoms with Crippen molar-refractivity contribution in [2.75, 3.05) is 19.8 Å². The normalized spacial score (nSPS) is 22.5. The summed E-state index contributed by atoms with van der Waals surface area (Å²) in [6.45, 7) is 0.825. The summed E-state index contributed by atoms with van der Waals surface area (Å²) < 4.78 is 5.19. The number of rotatable bonds is 2. The van der Waals surface area contributed by atoms with Crippen LogP contribution in [0.1, 0.15) is 39.4 Å². The molecule has 2 aliphatic rings. The smallest absolute Gasteiger partial charge is 0.328 e. The fourth-order valence-corrected chi connectivity index (χ4v) is 4.18. The lowest BCUT2D eigenvalue weighted by Crippen LogP contribution is -2.52. The van der Waals surface area contributed by atoms with Crippen LogP contribution < -0.4 is 0 Å². The van der Waals surface area contributed by atoms with Crippen LogP contribution in [0, 0.1) is 0 Å². The third-order valence-corrected chi connectivity index (χ3v) is 5.36. The number of amides is 1. The number of carbonyl (C=O) groups excluding carboxylic acids is 1. The van der Waals surface area contributed by atoms with Crippen LogP contribution in [-0.4, -0.2) is 47.7 Å². The maximum atomic E-state index is 12.6. The van der Waals surface area contributed by atoms with E-state index in [4.69, 9.17) is 4.74 Å². The summed E-state index contributed by atoms with van der Waals surface area (Å²) in [4.78, 5) is 27.3. The van der Waals surface area contributed by atoms with Gasteiger partial charge < -0.3 is 14.7 Å². The summed E-state index contributed by atoms with van der Waals surface area (Å²) >= 11 is 1.54. The predicted molar refractivity (Wildman–Crippen MR) is 78.9 cm³/mol. The van der Waals surface area contributed by atoms with E-state index in [1.54, 1.807) is 0 Å². The molecule has 1 atom stereocenters. The van der Waals surface area contributed by atoms with Gasteiger partial charge in [0, 0.05) is 11.4 Å². The van der Waals surface area contributed by atoms with E-state index in [0.717, 1.165) is 12.8 Å². The van der Waals surface area contributed by atoms with Crippen molar-refractivity contribution < 1.29 is 19.4 Å². The Morgan fingerprint density at radius 3 is 2.90 bits per heavy atom. The van der Waals surface area contributed by atoms with Crippen molar-refractivity contribution in [3.63, 3.8) is 0 Å². The number of fused-ring (bicyclic) bond motifs is 1.